The van der Waals surface area contributed by atoms with Crippen molar-refractivity contribution in [2.75, 3.05) is 11.9 Å². The number of pyridine rings is 1. The topological polar surface area (TPSA) is 88.5 Å². The Balaban J connectivity index is 2.07. The van der Waals surface area contributed by atoms with Gasteiger partial charge in [0.1, 0.15) is 10.4 Å². The summed E-state index contributed by atoms with van der Waals surface area (Å²) in [7, 11) is 0. The van der Waals surface area contributed by atoms with Gasteiger partial charge in [0.25, 0.3) is 5.91 Å². The van der Waals surface area contributed by atoms with Gasteiger partial charge in [-0.15, -0.1) is 0 Å². The van der Waals surface area contributed by atoms with Crippen molar-refractivity contribution in [3.8, 4) is 5.75 Å². The number of halogens is 1. The van der Waals surface area contributed by atoms with Crippen LogP contribution < -0.4 is 10.1 Å². The highest BCUT2D eigenvalue weighted by Gasteiger charge is 2.08. The van der Waals surface area contributed by atoms with Crippen molar-refractivity contribution in [3.05, 3.63) is 52.8 Å². The number of carbonyl (C=O) groups excluding carboxylic acids is 1. The SMILES string of the molecule is O=C(O)COc1cccc(NC(=O)c2ccnc(Br)c2)c1. The molecule has 6 nitrogen and oxygen atoms in total. The average Bonchev–Trinajstić information content (AvgIpc) is 2.45. The number of carbonyl (C=O) groups is 2. The van der Waals surface area contributed by atoms with E-state index in [1.165, 1.54) is 6.20 Å². The minimum atomic E-state index is -1.06. The van der Waals surface area contributed by atoms with Gasteiger partial charge < -0.3 is 15.2 Å². The summed E-state index contributed by atoms with van der Waals surface area (Å²) >= 11 is 3.19. The Bertz CT molecular complexity index is 676. The molecule has 21 heavy (non-hydrogen) atoms. The van der Waals surface area contributed by atoms with Crippen molar-refractivity contribution in [2.24, 2.45) is 0 Å². The van der Waals surface area contributed by atoms with E-state index < -0.39 is 12.6 Å². The van der Waals surface area contributed by atoms with Gasteiger partial charge in [-0.3, -0.25) is 4.79 Å². The predicted molar refractivity (Wildman–Crippen MR) is 79.5 cm³/mol. The molecular formula is C14H11BrN2O4. The van der Waals surface area contributed by atoms with E-state index in [0.717, 1.165) is 0 Å². The highest BCUT2D eigenvalue weighted by atomic mass is 79.9. The summed E-state index contributed by atoms with van der Waals surface area (Å²) in [5.41, 5.74) is 0.963. The minimum absolute atomic E-state index is 0.298. The quantitative estimate of drug-likeness (QED) is 0.809. The van der Waals surface area contributed by atoms with Crippen LogP contribution in [0.25, 0.3) is 0 Å². The number of carboxylic acid groups (broad SMARTS) is 1. The van der Waals surface area contributed by atoms with Crippen LogP contribution in [0.2, 0.25) is 0 Å². The molecule has 7 heteroatoms. The summed E-state index contributed by atoms with van der Waals surface area (Å²) in [6, 6.07) is 9.70. The summed E-state index contributed by atoms with van der Waals surface area (Å²) < 4.78 is 5.61. The van der Waals surface area contributed by atoms with Crippen molar-refractivity contribution >= 4 is 33.5 Å². The zero-order valence-electron chi connectivity index (χ0n) is 10.7. The number of aromatic nitrogens is 1. The van der Waals surface area contributed by atoms with E-state index in [0.29, 0.717) is 21.6 Å². The molecule has 0 aliphatic heterocycles. The van der Waals surface area contributed by atoms with Gasteiger partial charge in [0, 0.05) is 23.5 Å². The normalized spacial score (nSPS) is 9.95. The molecule has 0 saturated carbocycles. The van der Waals surface area contributed by atoms with Crippen LogP contribution >= 0.6 is 15.9 Å². The molecule has 0 bridgehead atoms. The smallest absolute Gasteiger partial charge is 0.341 e. The van der Waals surface area contributed by atoms with Crippen LogP contribution in [-0.4, -0.2) is 28.6 Å². The second-order valence-corrected chi connectivity index (χ2v) is 4.84. The summed E-state index contributed by atoms with van der Waals surface area (Å²) in [4.78, 5) is 26.4. The summed E-state index contributed by atoms with van der Waals surface area (Å²) in [6.07, 6.45) is 1.52. The number of nitrogens with zero attached hydrogens (tertiary/aromatic N) is 1. The fourth-order valence-corrected chi connectivity index (χ4v) is 1.92. The monoisotopic (exact) mass is 350 g/mol. The van der Waals surface area contributed by atoms with Crippen LogP contribution in [0.3, 0.4) is 0 Å². The first-order chi connectivity index (χ1) is 10.0. The first-order valence-electron chi connectivity index (χ1n) is 5.92. The van der Waals surface area contributed by atoms with Crippen molar-refractivity contribution in [1.82, 2.24) is 4.98 Å². The molecule has 0 fully saturated rings. The number of nitrogens with one attached hydrogen (secondary N) is 1. The number of aliphatic carboxylic acids is 1. The molecule has 2 rings (SSSR count). The summed E-state index contributed by atoms with van der Waals surface area (Å²) in [5, 5.41) is 11.3. The molecule has 2 N–H and O–H groups in total. The molecular weight excluding hydrogens is 340 g/mol. The number of anilines is 1. The van der Waals surface area contributed by atoms with Crippen molar-refractivity contribution < 1.29 is 19.4 Å². The lowest BCUT2D eigenvalue weighted by Gasteiger charge is -2.08. The first-order valence-corrected chi connectivity index (χ1v) is 6.71. The standard InChI is InChI=1S/C14H11BrN2O4/c15-12-6-9(4-5-16-12)14(20)17-10-2-1-3-11(7-10)21-8-13(18)19/h1-7H,8H2,(H,17,20)(H,18,19). The number of carboxylic acids is 1. The molecule has 108 valence electrons. The molecule has 0 spiro atoms. The van der Waals surface area contributed by atoms with E-state index in [1.54, 1.807) is 36.4 Å². The summed E-state index contributed by atoms with van der Waals surface area (Å²) in [5.74, 6) is -0.995. The zero-order valence-corrected chi connectivity index (χ0v) is 12.3. The van der Waals surface area contributed by atoms with Crippen LogP contribution in [0.1, 0.15) is 10.4 Å². The Labute approximate surface area is 128 Å². The van der Waals surface area contributed by atoms with Gasteiger partial charge >= 0.3 is 5.97 Å². The molecule has 0 radical (unpaired) electrons. The third-order valence-electron chi connectivity index (χ3n) is 2.44. The van der Waals surface area contributed by atoms with Crippen LogP contribution in [0.4, 0.5) is 5.69 Å². The van der Waals surface area contributed by atoms with E-state index in [1.807, 2.05) is 0 Å². The van der Waals surface area contributed by atoms with Crippen LogP contribution in [0.15, 0.2) is 47.2 Å². The number of rotatable bonds is 5. The number of amides is 1. The third-order valence-corrected chi connectivity index (χ3v) is 2.88. The Morgan fingerprint density at radius 1 is 1.29 bits per heavy atom. The maximum absolute atomic E-state index is 12.0. The van der Waals surface area contributed by atoms with Gasteiger partial charge in [0.05, 0.1) is 0 Å². The molecule has 1 aromatic carbocycles. The lowest BCUT2D eigenvalue weighted by atomic mass is 10.2. The average molecular weight is 351 g/mol. The van der Waals surface area contributed by atoms with Gasteiger partial charge in [-0.2, -0.15) is 0 Å². The van der Waals surface area contributed by atoms with E-state index in [9.17, 15) is 9.59 Å². The molecule has 0 aliphatic rings. The number of benzene rings is 1. The van der Waals surface area contributed by atoms with Crippen molar-refractivity contribution in [2.45, 2.75) is 0 Å². The second kappa shape index (κ2) is 6.85. The highest BCUT2D eigenvalue weighted by Crippen LogP contribution is 2.18. The molecule has 0 aliphatic carbocycles. The molecule has 0 atom stereocenters. The number of hydrogen-bond acceptors (Lipinski definition) is 4. The second-order valence-electron chi connectivity index (χ2n) is 4.03. The first kappa shape index (κ1) is 15.0. The van der Waals surface area contributed by atoms with Crippen molar-refractivity contribution in [1.29, 1.82) is 0 Å². The molecule has 1 amide bonds. The third kappa shape index (κ3) is 4.57. The predicted octanol–water partition coefficient (Wildman–Crippen LogP) is 2.56. The maximum Gasteiger partial charge on any atom is 0.341 e. The van der Waals surface area contributed by atoms with E-state index in [2.05, 4.69) is 26.2 Å². The van der Waals surface area contributed by atoms with Gasteiger partial charge in [0.15, 0.2) is 6.61 Å². The lowest BCUT2D eigenvalue weighted by Crippen LogP contribution is -2.12. The van der Waals surface area contributed by atoms with Gasteiger partial charge in [-0.25, -0.2) is 9.78 Å². The molecule has 0 saturated heterocycles. The fourth-order valence-electron chi connectivity index (χ4n) is 1.56. The summed E-state index contributed by atoms with van der Waals surface area (Å²) in [6.45, 7) is -0.436. The van der Waals surface area contributed by atoms with E-state index >= 15 is 0 Å². The van der Waals surface area contributed by atoms with Gasteiger partial charge in [-0.05, 0) is 40.2 Å². The van der Waals surface area contributed by atoms with E-state index in [4.69, 9.17) is 9.84 Å². The zero-order chi connectivity index (χ0) is 15.2. The fraction of sp³-hybridized carbons (Fsp3) is 0.0714. The van der Waals surface area contributed by atoms with Crippen LogP contribution in [0, 0.1) is 0 Å². The van der Waals surface area contributed by atoms with Crippen molar-refractivity contribution in [3.63, 3.8) is 0 Å². The minimum Gasteiger partial charge on any atom is -0.482 e. The van der Waals surface area contributed by atoms with Gasteiger partial charge in [0.2, 0.25) is 0 Å². The number of hydrogen-bond donors (Lipinski definition) is 2. The van der Waals surface area contributed by atoms with Crippen LogP contribution in [0.5, 0.6) is 5.75 Å². The molecule has 2 aromatic rings. The van der Waals surface area contributed by atoms with E-state index in [-0.39, 0.29) is 5.91 Å². The lowest BCUT2D eigenvalue weighted by molar-refractivity contribution is -0.139. The molecule has 0 unspecified atom stereocenters. The van der Waals surface area contributed by atoms with Crippen LogP contribution in [-0.2, 0) is 4.79 Å². The molecule has 1 aromatic heterocycles. The largest absolute Gasteiger partial charge is 0.482 e. The highest BCUT2D eigenvalue weighted by molar-refractivity contribution is 9.10. The Hall–Kier alpha value is -2.41. The maximum atomic E-state index is 12.0. The Morgan fingerprint density at radius 3 is 2.81 bits per heavy atom. The number of ether oxygens (including phenoxy) is 1. The Morgan fingerprint density at radius 2 is 2.10 bits per heavy atom. The molecule has 1 heterocycles. The Kier molecular flexibility index (Phi) is 4.89. The van der Waals surface area contributed by atoms with Gasteiger partial charge in [-0.1, -0.05) is 6.07 Å².